The van der Waals surface area contributed by atoms with Crippen molar-refractivity contribution in [3.05, 3.63) is 11.8 Å². The van der Waals surface area contributed by atoms with E-state index in [4.69, 9.17) is 18.7 Å². The third-order valence-electron chi connectivity index (χ3n) is 6.73. The molecule has 8 nitrogen and oxygen atoms in total. The standard InChI is InChI=1S/C23H37N3O5.C2H6/c1-16-12-18(26(14-16)17-7-10-28-11-8-17)22(27)24-20-13-19(25-31-20)23(2,3)15-30-21-6-4-5-9-29-21;1-2/h13,16-18,21H,4-12,14-15H2,1-3H3,(H,24,27);1-2H3. The van der Waals surface area contributed by atoms with Crippen LogP contribution in [0.5, 0.6) is 0 Å². The molecule has 33 heavy (non-hydrogen) atoms. The molecule has 3 aliphatic rings. The Morgan fingerprint density at radius 2 is 1.97 bits per heavy atom. The molecule has 0 bridgehead atoms. The molecule has 1 amide bonds. The highest BCUT2D eigenvalue weighted by atomic mass is 16.7. The quantitative estimate of drug-likeness (QED) is 0.641. The monoisotopic (exact) mass is 465 g/mol. The minimum Gasteiger partial charge on any atom is -0.381 e. The van der Waals surface area contributed by atoms with Crippen LogP contribution in [0.15, 0.2) is 10.6 Å². The Morgan fingerprint density at radius 3 is 2.67 bits per heavy atom. The van der Waals surface area contributed by atoms with Crippen LogP contribution in [-0.2, 0) is 24.4 Å². The van der Waals surface area contributed by atoms with Crippen molar-refractivity contribution in [2.24, 2.45) is 5.92 Å². The summed E-state index contributed by atoms with van der Waals surface area (Å²) in [5, 5.41) is 7.18. The molecule has 3 aliphatic heterocycles. The number of hydrogen-bond donors (Lipinski definition) is 1. The first-order chi connectivity index (χ1) is 15.9. The second-order valence-electron chi connectivity index (χ2n) is 9.95. The number of hydrogen-bond acceptors (Lipinski definition) is 7. The molecular formula is C25H43N3O5. The molecule has 0 aromatic carbocycles. The van der Waals surface area contributed by atoms with Crippen LogP contribution in [0.25, 0.3) is 0 Å². The number of aromatic nitrogens is 1. The van der Waals surface area contributed by atoms with Gasteiger partial charge in [0.25, 0.3) is 0 Å². The topological polar surface area (TPSA) is 86.1 Å². The second-order valence-corrected chi connectivity index (χ2v) is 9.95. The van der Waals surface area contributed by atoms with Gasteiger partial charge in [-0.05, 0) is 44.4 Å². The van der Waals surface area contributed by atoms with Crippen LogP contribution >= 0.6 is 0 Å². The largest absolute Gasteiger partial charge is 0.381 e. The van der Waals surface area contributed by atoms with Gasteiger partial charge in [0.1, 0.15) is 0 Å². The smallest absolute Gasteiger partial charge is 0.244 e. The van der Waals surface area contributed by atoms with Gasteiger partial charge in [0.2, 0.25) is 11.8 Å². The molecule has 1 aromatic rings. The Labute approximate surface area is 198 Å². The summed E-state index contributed by atoms with van der Waals surface area (Å²) in [4.78, 5) is 15.5. The number of amides is 1. The maximum absolute atomic E-state index is 13.1. The van der Waals surface area contributed by atoms with E-state index in [1.54, 1.807) is 0 Å². The fraction of sp³-hybridized carbons (Fsp3) is 0.840. The second kappa shape index (κ2) is 12.3. The van der Waals surface area contributed by atoms with Crippen molar-refractivity contribution in [3.8, 4) is 0 Å². The molecular weight excluding hydrogens is 422 g/mol. The van der Waals surface area contributed by atoms with E-state index >= 15 is 0 Å². The lowest BCUT2D eigenvalue weighted by Crippen LogP contribution is -2.47. The first kappa shape index (κ1) is 26.1. The fourth-order valence-electron chi connectivity index (χ4n) is 4.83. The van der Waals surface area contributed by atoms with Crippen LogP contribution in [-0.4, -0.2) is 67.3 Å². The van der Waals surface area contributed by atoms with Crippen LogP contribution in [0.2, 0.25) is 0 Å². The molecule has 4 rings (SSSR count). The van der Waals surface area contributed by atoms with E-state index in [0.29, 0.717) is 24.5 Å². The molecule has 0 radical (unpaired) electrons. The number of nitrogens with zero attached hydrogens (tertiary/aromatic N) is 2. The summed E-state index contributed by atoms with van der Waals surface area (Å²) in [5.41, 5.74) is 0.420. The predicted molar refractivity (Wildman–Crippen MR) is 127 cm³/mol. The Morgan fingerprint density at radius 1 is 1.21 bits per heavy atom. The average molecular weight is 466 g/mol. The van der Waals surface area contributed by atoms with Gasteiger partial charge in [-0.15, -0.1) is 0 Å². The number of carbonyl (C=O) groups is 1. The van der Waals surface area contributed by atoms with Gasteiger partial charge >= 0.3 is 0 Å². The van der Waals surface area contributed by atoms with Crippen LogP contribution in [0.3, 0.4) is 0 Å². The molecule has 0 aliphatic carbocycles. The molecule has 188 valence electrons. The predicted octanol–water partition coefficient (Wildman–Crippen LogP) is 4.35. The van der Waals surface area contributed by atoms with Crippen molar-refractivity contribution in [2.45, 2.75) is 96.9 Å². The zero-order chi connectivity index (χ0) is 23.8. The van der Waals surface area contributed by atoms with Crippen LogP contribution in [0, 0.1) is 5.92 Å². The highest BCUT2D eigenvalue weighted by molar-refractivity contribution is 5.94. The van der Waals surface area contributed by atoms with Gasteiger partial charge in [-0.1, -0.05) is 39.8 Å². The number of likely N-dealkylation sites (tertiary alicyclic amines) is 1. The maximum Gasteiger partial charge on any atom is 0.244 e. The van der Waals surface area contributed by atoms with Crippen LogP contribution in [0.4, 0.5) is 5.88 Å². The summed E-state index contributed by atoms with van der Waals surface area (Å²) in [6, 6.07) is 2.10. The Bertz CT molecular complexity index is 725. The van der Waals surface area contributed by atoms with E-state index in [-0.39, 0.29) is 23.7 Å². The van der Waals surface area contributed by atoms with E-state index in [1.165, 1.54) is 0 Å². The minimum absolute atomic E-state index is 0.0109. The van der Waals surface area contributed by atoms with Gasteiger partial charge in [0.05, 0.1) is 18.3 Å². The third-order valence-corrected chi connectivity index (χ3v) is 6.73. The summed E-state index contributed by atoms with van der Waals surface area (Å²) < 4.78 is 22.6. The van der Waals surface area contributed by atoms with Crippen LogP contribution in [0.1, 0.15) is 78.8 Å². The summed E-state index contributed by atoms with van der Waals surface area (Å²) in [5.74, 6) is 0.888. The number of ether oxygens (including phenoxy) is 3. The van der Waals surface area contributed by atoms with Crippen LogP contribution < -0.4 is 5.32 Å². The number of nitrogens with one attached hydrogen (secondary N) is 1. The lowest BCUT2D eigenvalue weighted by molar-refractivity contribution is -0.170. The lowest BCUT2D eigenvalue weighted by Gasteiger charge is -2.34. The summed E-state index contributed by atoms with van der Waals surface area (Å²) in [7, 11) is 0. The minimum atomic E-state index is -0.344. The number of anilines is 1. The molecule has 3 unspecified atom stereocenters. The van der Waals surface area contributed by atoms with Gasteiger partial charge in [-0.2, -0.15) is 0 Å². The van der Waals surface area contributed by atoms with E-state index < -0.39 is 0 Å². The van der Waals surface area contributed by atoms with Gasteiger partial charge in [-0.3, -0.25) is 15.0 Å². The third kappa shape index (κ3) is 7.01. The van der Waals surface area contributed by atoms with E-state index in [1.807, 2.05) is 19.9 Å². The molecule has 4 heterocycles. The highest BCUT2D eigenvalue weighted by Crippen LogP contribution is 2.31. The first-order valence-electron chi connectivity index (χ1n) is 12.8. The summed E-state index contributed by atoms with van der Waals surface area (Å²) in [6.45, 7) is 14.1. The van der Waals surface area contributed by atoms with Crippen molar-refractivity contribution >= 4 is 11.8 Å². The van der Waals surface area contributed by atoms with Crippen molar-refractivity contribution < 1.29 is 23.5 Å². The van der Waals surface area contributed by atoms with Gasteiger partial charge in [0, 0.05) is 43.9 Å². The van der Waals surface area contributed by atoms with Crippen molar-refractivity contribution in [1.29, 1.82) is 0 Å². The summed E-state index contributed by atoms with van der Waals surface area (Å²) >= 11 is 0. The highest BCUT2D eigenvalue weighted by Gasteiger charge is 2.39. The SMILES string of the molecule is CC.CC1CC(C(=O)Nc2cc(C(C)(C)COC3CCCCO3)no2)N(C2CCOCC2)C1. The molecule has 8 heteroatoms. The Hall–Kier alpha value is -1.48. The fourth-order valence-corrected chi connectivity index (χ4v) is 4.83. The summed E-state index contributed by atoms with van der Waals surface area (Å²) in [6.07, 6.45) is 5.87. The normalized spacial score (nSPS) is 27.1. The molecule has 1 N–H and O–H groups in total. The zero-order valence-electron chi connectivity index (χ0n) is 21.1. The molecule has 3 saturated heterocycles. The first-order valence-corrected chi connectivity index (χ1v) is 12.8. The molecule has 0 spiro atoms. The molecule has 1 aromatic heterocycles. The van der Waals surface area contributed by atoms with Crippen molar-refractivity contribution in [2.75, 3.05) is 38.3 Å². The van der Waals surface area contributed by atoms with Crippen molar-refractivity contribution in [1.82, 2.24) is 10.1 Å². The van der Waals surface area contributed by atoms with Gasteiger partial charge in [0.15, 0.2) is 6.29 Å². The van der Waals surface area contributed by atoms with E-state index in [2.05, 4.69) is 36.1 Å². The molecule has 3 fully saturated rings. The van der Waals surface area contributed by atoms with Crippen molar-refractivity contribution in [3.63, 3.8) is 0 Å². The lowest BCUT2D eigenvalue weighted by atomic mass is 9.90. The van der Waals surface area contributed by atoms with E-state index in [9.17, 15) is 4.79 Å². The maximum atomic E-state index is 13.1. The molecule has 0 saturated carbocycles. The Kier molecular flexibility index (Phi) is 9.73. The van der Waals surface area contributed by atoms with E-state index in [0.717, 1.165) is 70.6 Å². The van der Waals surface area contributed by atoms with Gasteiger partial charge < -0.3 is 18.7 Å². The number of rotatable bonds is 7. The van der Waals surface area contributed by atoms with Gasteiger partial charge in [-0.25, -0.2) is 0 Å². The zero-order valence-corrected chi connectivity index (χ0v) is 21.1. The molecule has 3 atom stereocenters. The number of carbonyl (C=O) groups excluding carboxylic acids is 1. The average Bonchev–Trinajstić information content (AvgIpc) is 3.48. The Balaban J connectivity index is 0.00000149.